The Kier molecular flexibility index (Phi) is 3.50. The van der Waals surface area contributed by atoms with Gasteiger partial charge in [0.05, 0.1) is 5.56 Å². The van der Waals surface area contributed by atoms with E-state index in [1.165, 1.54) is 17.2 Å². The van der Waals surface area contributed by atoms with E-state index in [1.807, 2.05) is 18.2 Å². The Morgan fingerprint density at radius 2 is 2.15 bits per heavy atom. The summed E-state index contributed by atoms with van der Waals surface area (Å²) in [6, 6.07) is 13.2. The van der Waals surface area contributed by atoms with E-state index in [0.717, 1.165) is 28.2 Å². The first-order valence-corrected chi connectivity index (χ1v) is 7.67. The van der Waals surface area contributed by atoms with E-state index in [4.69, 9.17) is 0 Å². The lowest BCUT2D eigenvalue weighted by Gasteiger charge is -2.18. The molecule has 0 fully saturated rings. The van der Waals surface area contributed by atoms with E-state index < -0.39 is 0 Å². The molecule has 0 saturated carbocycles. The highest BCUT2D eigenvalue weighted by Crippen LogP contribution is 2.43. The number of hydrogen-bond acceptors (Lipinski definition) is 2. The van der Waals surface area contributed by atoms with Crippen molar-refractivity contribution in [3.63, 3.8) is 0 Å². The zero-order valence-corrected chi connectivity index (χ0v) is 12.0. The number of rotatable bonds is 1. The standard InChI is InChI=1S/C17H14FNS/c1-2-14-15-7-6-13(18)8-12(15)10-20-17-11(9-19)4-3-5-16(14)17/h3-8,14H,2,10H2,1H3. The van der Waals surface area contributed by atoms with Crippen LogP contribution in [0, 0.1) is 17.1 Å². The minimum atomic E-state index is -0.189. The van der Waals surface area contributed by atoms with Crippen LogP contribution in [-0.4, -0.2) is 0 Å². The Morgan fingerprint density at radius 1 is 1.30 bits per heavy atom. The molecule has 0 spiro atoms. The first kappa shape index (κ1) is 13.2. The third kappa shape index (κ3) is 2.10. The van der Waals surface area contributed by atoms with Gasteiger partial charge in [0.2, 0.25) is 0 Å². The Morgan fingerprint density at radius 3 is 2.90 bits per heavy atom. The summed E-state index contributed by atoms with van der Waals surface area (Å²) in [4.78, 5) is 1.05. The van der Waals surface area contributed by atoms with Gasteiger partial charge >= 0.3 is 0 Å². The fourth-order valence-corrected chi connectivity index (χ4v) is 4.07. The number of nitrogens with zero attached hydrogens (tertiary/aromatic N) is 1. The maximum Gasteiger partial charge on any atom is 0.123 e. The molecule has 1 unspecified atom stereocenters. The summed E-state index contributed by atoms with van der Waals surface area (Å²) in [5, 5.41) is 9.28. The van der Waals surface area contributed by atoms with Crippen LogP contribution in [0.25, 0.3) is 0 Å². The lowest BCUT2D eigenvalue weighted by molar-refractivity contribution is 0.623. The van der Waals surface area contributed by atoms with Gasteiger partial charge in [-0.1, -0.05) is 25.1 Å². The summed E-state index contributed by atoms with van der Waals surface area (Å²) in [6.45, 7) is 2.14. The monoisotopic (exact) mass is 283 g/mol. The molecule has 20 heavy (non-hydrogen) atoms. The average Bonchev–Trinajstić information content (AvgIpc) is 2.63. The molecule has 0 bridgehead atoms. The lowest BCUT2D eigenvalue weighted by atomic mass is 9.86. The molecule has 0 radical (unpaired) electrons. The van der Waals surface area contributed by atoms with Crippen molar-refractivity contribution in [3.8, 4) is 6.07 Å². The Hall–Kier alpha value is -1.79. The van der Waals surface area contributed by atoms with Gasteiger partial charge in [0, 0.05) is 16.6 Å². The summed E-state index contributed by atoms with van der Waals surface area (Å²) < 4.78 is 13.5. The van der Waals surface area contributed by atoms with E-state index >= 15 is 0 Å². The second kappa shape index (κ2) is 5.30. The van der Waals surface area contributed by atoms with Gasteiger partial charge in [0.25, 0.3) is 0 Å². The van der Waals surface area contributed by atoms with E-state index in [2.05, 4.69) is 19.1 Å². The zero-order valence-electron chi connectivity index (χ0n) is 11.2. The third-order valence-electron chi connectivity index (χ3n) is 3.80. The molecular formula is C17H14FNS. The first-order chi connectivity index (χ1) is 9.74. The summed E-state index contributed by atoms with van der Waals surface area (Å²) in [7, 11) is 0. The van der Waals surface area contributed by atoms with Gasteiger partial charge in [-0.25, -0.2) is 4.39 Å². The largest absolute Gasteiger partial charge is 0.207 e. The predicted molar refractivity (Wildman–Crippen MR) is 79.3 cm³/mol. The van der Waals surface area contributed by atoms with Crippen LogP contribution in [-0.2, 0) is 5.75 Å². The highest BCUT2D eigenvalue weighted by Gasteiger charge is 2.24. The quantitative estimate of drug-likeness (QED) is 0.747. The highest BCUT2D eigenvalue weighted by molar-refractivity contribution is 7.98. The summed E-state index contributed by atoms with van der Waals surface area (Å²) in [6.07, 6.45) is 0.946. The molecule has 2 aromatic rings. The van der Waals surface area contributed by atoms with Crippen LogP contribution in [0.2, 0.25) is 0 Å². The fraction of sp³-hybridized carbons (Fsp3) is 0.235. The molecule has 0 N–H and O–H groups in total. The summed E-state index contributed by atoms with van der Waals surface area (Å²) in [5.74, 6) is 0.768. The molecule has 0 amide bonds. The van der Waals surface area contributed by atoms with E-state index in [0.29, 0.717) is 0 Å². The van der Waals surface area contributed by atoms with Crippen molar-refractivity contribution in [3.05, 3.63) is 64.5 Å². The molecule has 0 aromatic heterocycles. The molecule has 1 nitrogen and oxygen atoms in total. The molecule has 1 aliphatic rings. The molecule has 2 aromatic carbocycles. The van der Waals surface area contributed by atoms with Crippen LogP contribution in [0.5, 0.6) is 0 Å². The number of hydrogen-bond donors (Lipinski definition) is 0. The smallest absolute Gasteiger partial charge is 0.123 e. The van der Waals surface area contributed by atoms with Crippen molar-refractivity contribution in [2.45, 2.75) is 29.9 Å². The molecule has 0 saturated heterocycles. The first-order valence-electron chi connectivity index (χ1n) is 6.68. The van der Waals surface area contributed by atoms with Gasteiger partial charge in [-0.3, -0.25) is 0 Å². The topological polar surface area (TPSA) is 23.8 Å². The number of fused-ring (bicyclic) bond motifs is 2. The number of halogens is 1. The number of thioether (sulfide) groups is 1. The van der Waals surface area contributed by atoms with Crippen molar-refractivity contribution in [2.75, 3.05) is 0 Å². The maximum absolute atomic E-state index is 13.5. The van der Waals surface area contributed by atoms with E-state index in [-0.39, 0.29) is 11.7 Å². The van der Waals surface area contributed by atoms with Crippen LogP contribution in [0.1, 0.15) is 41.5 Å². The van der Waals surface area contributed by atoms with Gasteiger partial charge < -0.3 is 0 Å². The van der Waals surface area contributed by atoms with Crippen molar-refractivity contribution in [1.29, 1.82) is 5.26 Å². The highest BCUT2D eigenvalue weighted by atomic mass is 32.2. The van der Waals surface area contributed by atoms with Crippen LogP contribution < -0.4 is 0 Å². The Balaban J connectivity index is 2.22. The van der Waals surface area contributed by atoms with E-state index in [9.17, 15) is 9.65 Å². The molecule has 1 aliphatic heterocycles. The molecular weight excluding hydrogens is 269 g/mol. The van der Waals surface area contributed by atoms with Gasteiger partial charge in [-0.15, -0.1) is 11.8 Å². The average molecular weight is 283 g/mol. The van der Waals surface area contributed by atoms with Crippen molar-refractivity contribution in [2.24, 2.45) is 0 Å². The molecule has 0 aliphatic carbocycles. The lowest BCUT2D eigenvalue weighted by Crippen LogP contribution is -2.03. The number of benzene rings is 2. The van der Waals surface area contributed by atoms with Crippen molar-refractivity contribution in [1.82, 2.24) is 0 Å². The zero-order chi connectivity index (χ0) is 14.1. The van der Waals surface area contributed by atoms with Crippen molar-refractivity contribution >= 4 is 11.8 Å². The maximum atomic E-state index is 13.5. The Labute approximate surface area is 122 Å². The second-order valence-corrected chi connectivity index (χ2v) is 5.91. The third-order valence-corrected chi connectivity index (χ3v) is 5.00. The summed E-state index contributed by atoms with van der Waals surface area (Å²) >= 11 is 1.64. The molecule has 100 valence electrons. The summed E-state index contributed by atoms with van der Waals surface area (Å²) in [5.41, 5.74) is 4.15. The molecule has 1 heterocycles. The van der Waals surface area contributed by atoms with Gasteiger partial charge in [-0.2, -0.15) is 5.26 Å². The minimum Gasteiger partial charge on any atom is -0.207 e. The van der Waals surface area contributed by atoms with E-state index in [1.54, 1.807) is 17.8 Å². The number of nitriles is 1. The fourth-order valence-electron chi connectivity index (χ4n) is 2.87. The van der Waals surface area contributed by atoms with Gasteiger partial charge in [-0.05, 0) is 41.3 Å². The molecule has 3 heteroatoms. The van der Waals surface area contributed by atoms with Crippen LogP contribution in [0.15, 0.2) is 41.3 Å². The predicted octanol–water partition coefficient (Wildman–Crippen LogP) is 4.84. The second-order valence-electron chi connectivity index (χ2n) is 4.93. The SMILES string of the molecule is CCC1c2ccc(F)cc2CSc2c(C#N)cccc21. The Bertz CT molecular complexity index is 703. The van der Waals surface area contributed by atoms with Crippen LogP contribution >= 0.6 is 11.8 Å². The van der Waals surface area contributed by atoms with Gasteiger partial charge in [0.15, 0.2) is 0 Å². The molecule has 3 rings (SSSR count). The van der Waals surface area contributed by atoms with Gasteiger partial charge in [0.1, 0.15) is 11.9 Å². The van der Waals surface area contributed by atoms with Crippen molar-refractivity contribution < 1.29 is 4.39 Å². The van der Waals surface area contributed by atoms with Crippen LogP contribution in [0.3, 0.4) is 0 Å². The molecule has 1 atom stereocenters. The normalized spacial score (nSPS) is 16.8. The van der Waals surface area contributed by atoms with Crippen LogP contribution in [0.4, 0.5) is 4.39 Å². The minimum absolute atomic E-state index is 0.189.